The molecule has 2 aromatic carbocycles. The molecule has 0 radical (unpaired) electrons. The van der Waals surface area contributed by atoms with Crippen molar-refractivity contribution in [3.8, 4) is 5.75 Å². The zero-order chi connectivity index (χ0) is 18.4. The van der Waals surface area contributed by atoms with Crippen LogP contribution in [0.1, 0.15) is 16.7 Å². The minimum Gasteiger partial charge on any atom is -0.483 e. The highest BCUT2D eigenvalue weighted by atomic mass is 79.9. The smallest absolute Gasteiger partial charge is 0.284 e. The van der Waals surface area contributed by atoms with E-state index >= 15 is 0 Å². The number of carbonyl (C=O) groups excluding carboxylic acids is 1. The first kappa shape index (κ1) is 18.6. The molecule has 0 atom stereocenters. The van der Waals surface area contributed by atoms with Crippen molar-refractivity contribution >= 4 is 33.7 Å². The fourth-order valence-electron chi connectivity index (χ4n) is 2.07. The van der Waals surface area contributed by atoms with E-state index in [1.807, 2.05) is 32.0 Å². The number of halogens is 1. The minimum absolute atomic E-state index is 0.0755. The number of nitro benzene ring substituents is 1. The Bertz CT molecular complexity index is 837. The van der Waals surface area contributed by atoms with Crippen molar-refractivity contribution < 1.29 is 14.5 Å². The third-order valence-electron chi connectivity index (χ3n) is 3.26. The molecular formula is C17H16BrN3O4. The van der Waals surface area contributed by atoms with Crippen LogP contribution in [0.2, 0.25) is 0 Å². The molecule has 0 aliphatic carbocycles. The Hall–Kier alpha value is -2.74. The van der Waals surface area contributed by atoms with Gasteiger partial charge in [-0.05, 0) is 47.5 Å². The van der Waals surface area contributed by atoms with Crippen molar-refractivity contribution in [2.75, 3.05) is 6.61 Å². The maximum atomic E-state index is 11.7. The fourth-order valence-corrected chi connectivity index (χ4v) is 2.46. The number of amides is 1. The van der Waals surface area contributed by atoms with Gasteiger partial charge in [0.05, 0.1) is 15.6 Å². The van der Waals surface area contributed by atoms with Gasteiger partial charge in [-0.1, -0.05) is 23.8 Å². The lowest BCUT2D eigenvalue weighted by Gasteiger charge is -2.08. The number of benzene rings is 2. The van der Waals surface area contributed by atoms with E-state index in [9.17, 15) is 14.9 Å². The van der Waals surface area contributed by atoms with E-state index in [0.717, 1.165) is 11.1 Å². The Morgan fingerprint density at radius 3 is 2.76 bits per heavy atom. The molecule has 0 bridgehead atoms. The second-order valence-electron chi connectivity index (χ2n) is 5.32. The zero-order valence-electron chi connectivity index (χ0n) is 13.7. The number of hydrogen-bond acceptors (Lipinski definition) is 5. The molecule has 0 aromatic heterocycles. The highest BCUT2D eigenvalue weighted by molar-refractivity contribution is 9.10. The minimum atomic E-state index is -0.502. The van der Waals surface area contributed by atoms with Gasteiger partial charge in [0.1, 0.15) is 5.75 Å². The van der Waals surface area contributed by atoms with Crippen molar-refractivity contribution in [2.24, 2.45) is 5.10 Å². The van der Waals surface area contributed by atoms with Crippen molar-refractivity contribution in [3.05, 3.63) is 67.7 Å². The van der Waals surface area contributed by atoms with E-state index in [1.54, 1.807) is 12.1 Å². The molecule has 0 heterocycles. The van der Waals surface area contributed by atoms with E-state index in [2.05, 4.69) is 26.5 Å². The lowest BCUT2D eigenvalue weighted by molar-refractivity contribution is -0.385. The van der Waals surface area contributed by atoms with E-state index in [-0.39, 0.29) is 12.3 Å². The summed E-state index contributed by atoms with van der Waals surface area (Å²) in [6.45, 7) is 3.70. The molecule has 0 unspecified atom stereocenters. The number of nitrogens with one attached hydrogen (secondary N) is 1. The average Bonchev–Trinajstić information content (AvgIpc) is 2.55. The van der Waals surface area contributed by atoms with Gasteiger partial charge in [0.15, 0.2) is 6.61 Å². The van der Waals surface area contributed by atoms with Gasteiger partial charge < -0.3 is 4.74 Å². The summed E-state index contributed by atoms with van der Waals surface area (Å²) in [6, 6.07) is 10.2. The molecule has 0 aliphatic rings. The highest BCUT2D eigenvalue weighted by Crippen LogP contribution is 2.24. The van der Waals surface area contributed by atoms with E-state index in [0.29, 0.717) is 15.8 Å². The quantitative estimate of drug-likeness (QED) is 0.451. The summed E-state index contributed by atoms with van der Waals surface area (Å²) in [5.74, 6) is 0.205. The predicted octanol–water partition coefficient (Wildman–Crippen LogP) is 3.50. The Kier molecular flexibility index (Phi) is 6.24. The number of hydrazone groups is 1. The SMILES string of the molecule is Cc1ccc(OCC(=O)NN=Cc2ccc(Br)c([N+](=O)[O-])c2)c(C)c1. The van der Waals surface area contributed by atoms with Crippen molar-refractivity contribution in [1.29, 1.82) is 0 Å². The maximum Gasteiger partial charge on any atom is 0.284 e. The van der Waals surface area contributed by atoms with Gasteiger partial charge in [-0.2, -0.15) is 5.10 Å². The summed E-state index contributed by atoms with van der Waals surface area (Å²) >= 11 is 3.10. The van der Waals surface area contributed by atoms with Crippen LogP contribution < -0.4 is 10.2 Å². The van der Waals surface area contributed by atoms with Gasteiger partial charge in [-0.25, -0.2) is 5.43 Å². The zero-order valence-corrected chi connectivity index (χ0v) is 15.2. The first-order chi connectivity index (χ1) is 11.9. The molecule has 0 aliphatic heterocycles. The van der Waals surface area contributed by atoms with Crippen LogP contribution in [0.3, 0.4) is 0 Å². The van der Waals surface area contributed by atoms with Crippen LogP contribution in [-0.4, -0.2) is 23.7 Å². The molecule has 8 heteroatoms. The summed E-state index contributed by atoms with van der Waals surface area (Å²) in [7, 11) is 0. The molecule has 2 rings (SSSR count). The number of aryl methyl sites for hydroxylation is 2. The number of ether oxygens (including phenoxy) is 1. The van der Waals surface area contributed by atoms with E-state index < -0.39 is 10.8 Å². The van der Waals surface area contributed by atoms with Crippen LogP contribution in [0, 0.1) is 24.0 Å². The topological polar surface area (TPSA) is 93.8 Å². The van der Waals surface area contributed by atoms with Gasteiger partial charge in [-0.15, -0.1) is 0 Å². The van der Waals surface area contributed by atoms with Gasteiger partial charge in [0.25, 0.3) is 11.6 Å². The summed E-state index contributed by atoms with van der Waals surface area (Å²) < 4.78 is 5.82. The number of nitrogens with zero attached hydrogens (tertiary/aromatic N) is 2. The molecule has 1 N–H and O–H groups in total. The lowest BCUT2D eigenvalue weighted by atomic mass is 10.1. The van der Waals surface area contributed by atoms with Crippen LogP contribution in [-0.2, 0) is 4.79 Å². The third kappa shape index (κ3) is 5.39. The number of nitro groups is 1. The molecule has 0 fully saturated rings. The monoisotopic (exact) mass is 405 g/mol. The fraction of sp³-hybridized carbons (Fsp3) is 0.176. The lowest BCUT2D eigenvalue weighted by Crippen LogP contribution is -2.24. The average molecular weight is 406 g/mol. The predicted molar refractivity (Wildman–Crippen MR) is 97.9 cm³/mol. The van der Waals surface area contributed by atoms with Crippen LogP contribution in [0.25, 0.3) is 0 Å². The Labute approximate surface area is 153 Å². The molecule has 2 aromatic rings. The first-order valence-electron chi connectivity index (χ1n) is 7.32. The molecule has 7 nitrogen and oxygen atoms in total. The largest absolute Gasteiger partial charge is 0.483 e. The molecule has 0 saturated heterocycles. The first-order valence-corrected chi connectivity index (χ1v) is 8.12. The van der Waals surface area contributed by atoms with E-state index in [1.165, 1.54) is 12.3 Å². The van der Waals surface area contributed by atoms with Gasteiger partial charge in [-0.3, -0.25) is 14.9 Å². The highest BCUT2D eigenvalue weighted by Gasteiger charge is 2.11. The molecule has 0 spiro atoms. The van der Waals surface area contributed by atoms with Crippen LogP contribution in [0.4, 0.5) is 5.69 Å². The second-order valence-corrected chi connectivity index (χ2v) is 6.17. The van der Waals surface area contributed by atoms with Gasteiger partial charge in [0.2, 0.25) is 0 Å². The summed E-state index contributed by atoms with van der Waals surface area (Å²) in [5, 5.41) is 14.6. The number of hydrogen-bond donors (Lipinski definition) is 1. The van der Waals surface area contributed by atoms with Crippen LogP contribution >= 0.6 is 15.9 Å². The Morgan fingerprint density at radius 1 is 1.32 bits per heavy atom. The number of rotatable bonds is 6. The summed E-state index contributed by atoms with van der Waals surface area (Å²) in [4.78, 5) is 22.1. The maximum absolute atomic E-state index is 11.7. The number of carbonyl (C=O) groups is 1. The van der Waals surface area contributed by atoms with Gasteiger partial charge in [0, 0.05) is 11.6 Å². The molecule has 1 amide bonds. The van der Waals surface area contributed by atoms with Crippen molar-refractivity contribution in [1.82, 2.24) is 5.43 Å². The third-order valence-corrected chi connectivity index (χ3v) is 3.93. The molecule has 130 valence electrons. The molecule has 0 saturated carbocycles. The van der Waals surface area contributed by atoms with Crippen LogP contribution in [0.5, 0.6) is 5.75 Å². The van der Waals surface area contributed by atoms with Crippen molar-refractivity contribution in [2.45, 2.75) is 13.8 Å². The second kappa shape index (κ2) is 8.39. The Balaban J connectivity index is 1.90. The van der Waals surface area contributed by atoms with Crippen molar-refractivity contribution in [3.63, 3.8) is 0 Å². The normalized spacial score (nSPS) is 10.7. The molecule has 25 heavy (non-hydrogen) atoms. The van der Waals surface area contributed by atoms with Crippen LogP contribution in [0.15, 0.2) is 46.0 Å². The summed E-state index contributed by atoms with van der Waals surface area (Å²) in [5.41, 5.74) is 4.79. The summed E-state index contributed by atoms with van der Waals surface area (Å²) in [6.07, 6.45) is 1.33. The van der Waals surface area contributed by atoms with E-state index in [4.69, 9.17) is 4.74 Å². The van der Waals surface area contributed by atoms with Gasteiger partial charge >= 0.3 is 0 Å². The molecular weight excluding hydrogens is 390 g/mol. The standard InChI is InChI=1S/C17H16BrN3O4/c1-11-3-6-16(12(2)7-11)25-10-17(22)20-19-9-13-4-5-14(18)15(8-13)21(23)24/h3-9H,10H2,1-2H3,(H,20,22). The Morgan fingerprint density at radius 2 is 2.08 bits per heavy atom.